The van der Waals surface area contributed by atoms with Crippen LogP contribution in [0.3, 0.4) is 0 Å². The first kappa shape index (κ1) is 16.6. The van der Waals surface area contributed by atoms with E-state index in [0.717, 1.165) is 5.56 Å². The Morgan fingerprint density at radius 3 is 2.45 bits per heavy atom. The number of primary sulfonamides is 1. The molecule has 6 nitrogen and oxygen atoms in total. The average molecular weight is 300 g/mol. The molecule has 0 spiro atoms. The summed E-state index contributed by atoms with van der Waals surface area (Å²) in [6, 6.07) is 6.46. The first-order chi connectivity index (χ1) is 9.34. The molecule has 0 heterocycles. The highest BCUT2D eigenvalue weighted by Gasteiger charge is 2.09. The maximum absolute atomic E-state index is 11.1. The number of hydrogen-bond acceptors (Lipinski definition) is 5. The van der Waals surface area contributed by atoms with E-state index in [9.17, 15) is 13.2 Å². The third kappa shape index (κ3) is 5.28. The van der Waals surface area contributed by atoms with Crippen LogP contribution in [-0.4, -0.2) is 28.0 Å². The number of nitrogens with one attached hydrogen (secondary N) is 1. The second kappa shape index (κ2) is 7.37. The Labute approximate surface area is 119 Å². The van der Waals surface area contributed by atoms with E-state index in [1.807, 2.05) is 6.92 Å². The van der Waals surface area contributed by atoms with E-state index < -0.39 is 10.0 Å². The van der Waals surface area contributed by atoms with Crippen molar-refractivity contribution in [1.29, 1.82) is 0 Å². The van der Waals surface area contributed by atoms with Crippen molar-refractivity contribution in [2.24, 2.45) is 5.14 Å². The second-order valence-corrected chi connectivity index (χ2v) is 6.03. The Morgan fingerprint density at radius 1 is 1.35 bits per heavy atom. The molecule has 0 aliphatic heterocycles. The van der Waals surface area contributed by atoms with Gasteiger partial charge in [-0.15, -0.1) is 0 Å². The molecule has 0 aliphatic rings. The SMILES string of the molecule is COC(=O)CCCNC(C)c1ccc(S(N)(=O)=O)cc1. The number of carbonyl (C=O) groups excluding carboxylic acids is 1. The van der Waals surface area contributed by atoms with Crippen molar-refractivity contribution in [3.63, 3.8) is 0 Å². The standard InChI is InChI=1S/C13H20N2O4S/c1-10(15-9-3-4-13(16)19-2)11-5-7-12(8-6-11)20(14,17)18/h5-8,10,15H,3-4,9H2,1-2H3,(H2,14,17,18). The summed E-state index contributed by atoms with van der Waals surface area (Å²) in [5.74, 6) is -0.225. The number of ether oxygens (including phenoxy) is 1. The van der Waals surface area contributed by atoms with Crippen LogP contribution in [0.15, 0.2) is 29.2 Å². The second-order valence-electron chi connectivity index (χ2n) is 4.47. The van der Waals surface area contributed by atoms with Gasteiger partial charge in [0, 0.05) is 12.5 Å². The van der Waals surface area contributed by atoms with Crippen LogP contribution >= 0.6 is 0 Å². The van der Waals surface area contributed by atoms with Gasteiger partial charge in [-0.25, -0.2) is 13.6 Å². The zero-order valence-corrected chi connectivity index (χ0v) is 12.4. The van der Waals surface area contributed by atoms with Gasteiger partial charge in [-0.3, -0.25) is 4.79 Å². The molecule has 0 amide bonds. The predicted octanol–water partition coefficient (Wildman–Crippen LogP) is 0.938. The van der Waals surface area contributed by atoms with Crippen LogP contribution in [0.4, 0.5) is 0 Å². The van der Waals surface area contributed by atoms with Crippen LogP contribution < -0.4 is 10.5 Å². The summed E-state index contributed by atoms with van der Waals surface area (Å²) in [6.45, 7) is 2.64. The van der Waals surface area contributed by atoms with Gasteiger partial charge in [-0.1, -0.05) is 12.1 Å². The lowest BCUT2D eigenvalue weighted by Gasteiger charge is -2.14. The molecule has 0 fully saturated rings. The highest BCUT2D eigenvalue weighted by molar-refractivity contribution is 7.89. The molecule has 0 saturated carbocycles. The molecular weight excluding hydrogens is 280 g/mol. The lowest BCUT2D eigenvalue weighted by atomic mass is 10.1. The molecule has 1 atom stereocenters. The molecule has 1 aromatic carbocycles. The maximum atomic E-state index is 11.1. The Kier molecular flexibility index (Phi) is 6.12. The predicted molar refractivity (Wildman–Crippen MR) is 75.5 cm³/mol. The fourth-order valence-electron chi connectivity index (χ4n) is 1.72. The molecule has 1 aromatic rings. The zero-order valence-electron chi connectivity index (χ0n) is 11.6. The quantitative estimate of drug-likeness (QED) is 0.577. The number of carbonyl (C=O) groups is 1. The van der Waals surface area contributed by atoms with Gasteiger partial charge in [0.25, 0.3) is 0 Å². The van der Waals surface area contributed by atoms with Crippen molar-refractivity contribution in [3.05, 3.63) is 29.8 Å². The summed E-state index contributed by atoms with van der Waals surface area (Å²) >= 11 is 0. The number of sulfonamides is 1. The number of rotatable bonds is 7. The molecule has 20 heavy (non-hydrogen) atoms. The number of methoxy groups -OCH3 is 1. The van der Waals surface area contributed by atoms with Gasteiger partial charge in [-0.2, -0.15) is 0 Å². The van der Waals surface area contributed by atoms with Gasteiger partial charge >= 0.3 is 5.97 Å². The van der Waals surface area contributed by atoms with Gasteiger partial charge in [0.1, 0.15) is 0 Å². The first-order valence-electron chi connectivity index (χ1n) is 6.27. The molecule has 7 heteroatoms. The van der Waals surface area contributed by atoms with Gasteiger partial charge in [0.2, 0.25) is 10.0 Å². The van der Waals surface area contributed by atoms with Crippen molar-refractivity contribution in [1.82, 2.24) is 5.32 Å². The van der Waals surface area contributed by atoms with E-state index in [2.05, 4.69) is 10.1 Å². The highest BCUT2D eigenvalue weighted by Crippen LogP contribution is 2.15. The molecule has 0 bridgehead atoms. The van der Waals surface area contributed by atoms with Crippen LogP contribution in [0.1, 0.15) is 31.4 Å². The van der Waals surface area contributed by atoms with E-state index in [0.29, 0.717) is 19.4 Å². The monoisotopic (exact) mass is 300 g/mol. The first-order valence-corrected chi connectivity index (χ1v) is 7.82. The lowest BCUT2D eigenvalue weighted by Crippen LogP contribution is -2.21. The number of nitrogens with two attached hydrogens (primary N) is 1. The molecule has 112 valence electrons. The number of esters is 1. The zero-order chi connectivity index (χ0) is 15.2. The van der Waals surface area contributed by atoms with Crippen LogP contribution in [0.2, 0.25) is 0 Å². The minimum Gasteiger partial charge on any atom is -0.469 e. The third-order valence-corrected chi connectivity index (χ3v) is 3.87. The molecule has 3 N–H and O–H groups in total. The van der Waals surface area contributed by atoms with Gasteiger partial charge in [0.15, 0.2) is 0 Å². The smallest absolute Gasteiger partial charge is 0.305 e. The lowest BCUT2D eigenvalue weighted by molar-refractivity contribution is -0.140. The van der Waals surface area contributed by atoms with Crippen LogP contribution in [0.25, 0.3) is 0 Å². The minimum atomic E-state index is -3.65. The molecule has 0 radical (unpaired) electrons. The van der Waals surface area contributed by atoms with Crippen LogP contribution in [0.5, 0.6) is 0 Å². The summed E-state index contributed by atoms with van der Waals surface area (Å²) in [4.78, 5) is 11.0. The summed E-state index contributed by atoms with van der Waals surface area (Å²) in [6.07, 6.45) is 1.06. The Bertz CT molecular complexity index is 540. The molecule has 1 unspecified atom stereocenters. The maximum Gasteiger partial charge on any atom is 0.305 e. The Balaban J connectivity index is 2.48. The van der Waals surface area contributed by atoms with Crippen molar-refractivity contribution >= 4 is 16.0 Å². The molecule has 0 aliphatic carbocycles. The summed E-state index contributed by atoms with van der Waals surface area (Å²) in [5.41, 5.74) is 0.954. The van der Waals surface area contributed by atoms with Crippen molar-refractivity contribution < 1.29 is 17.9 Å². The largest absolute Gasteiger partial charge is 0.469 e. The topological polar surface area (TPSA) is 98.5 Å². The van der Waals surface area contributed by atoms with Crippen LogP contribution in [0, 0.1) is 0 Å². The fourth-order valence-corrected chi connectivity index (χ4v) is 2.23. The molecule has 1 rings (SSSR count). The third-order valence-electron chi connectivity index (χ3n) is 2.94. The number of hydrogen-bond donors (Lipinski definition) is 2. The Morgan fingerprint density at radius 2 is 1.95 bits per heavy atom. The molecule has 0 saturated heterocycles. The van der Waals surface area contributed by atoms with E-state index in [4.69, 9.17) is 5.14 Å². The van der Waals surface area contributed by atoms with E-state index in [1.54, 1.807) is 12.1 Å². The minimum absolute atomic E-state index is 0.0576. The summed E-state index contributed by atoms with van der Waals surface area (Å²) < 4.78 is 26.8. The normalized spacial score (nSPS) is 12.9. The summed E-state index contributed by atoms with van der Waals surface area (Å²) in [7, 11) is -2.28. The van der Waals surface area contributed by atoms with E-state index >= 15 is 0 Å². The number of benzene rings is 1. The van der Waals surface area contributed by atoms with Gasteiger partial charge in [-0.05, 0) is 37.6 Å². The van der Waals surface area contributed by atoms with Gasteiger partial charge < -0.3 is 10.1 Å². The van der Waals surface area contributed by atoms with Crippen molar-refractivity contribution in [3.8, 4) is 0 Å². The van der Waals surface area contributed by atoms with Crippen molar-refractivity contribution in [2.45, 2.75) is 30.7 Å². The average Bonchev–Trinajstić information content (AvgIpc) is 2.42. The van der Waals surface area contributed by atoms with E-state index in [1.165, 1.54) is 19.2 Å². The summed E-state index contributed by atoms with van der Waals surface area (Å²) in [5, 5.41) is 8.28. The van der Waals surface area contributed by atoms with E-state index in [-0.39, 0.29) is 16.9 Å². The fraction of sp³-hybridized carbons (Fsp3) is 0.462. The van der Waals surface area contributed by atoms with Gasteiger partial charge in [0.05, 0.1) is 12.0 Å². The Hall–Kier alpha value is -1.44. The highest BCUT2D eigenvalue weighted by atomic mass is 32.2. The van der Waals surface area contributed by atoms with Crippen molar-refractivity contribution in [2.75, 3.05) is 13.7 Å². The molecule has 0 aromatic heterocycles. The van der Waals surface area contributed by atoms with Crippen LogP contribution in [-0.2, 0) is 19.6 Å². The molecular formula is C13H20N2O4S.